The maximum atomic E-state index is 9.07. The fourth-order valence-electron chi connectivity index (χ4n) is 1.95. The highest BCUT2D eigenvalue weighted by atomic mass is 15.2. The molecule has 2 aromatic rings. The normalized spacial score (nSPS) is 12.8. The van der Waals surface area contributed by atoms with E-state index in [4.69, 9.17) is 11.0 Å². The van der Waals surface area contributed by atoms with Crippen LogP contribution in [0.5, 0.6) is 0 Å². The molecule has 4 heteroatoms. The molecule has 0 fully saturated rings. The summed E-state index contributed by atoms with van der Waals surface area (Å²) in [7, 11) is 0. The summed E-state index contributed by atoms with van der Waals surface area (Å²) < 4.78 is 2.00. The van der Waals surface area contributed by atoms with Crippen molar-refractivity contribution in [2.24, 2.45) is 11.8 Å². The van der Waals surface area contributed by atoms with Crippen LogP contribution in [0.4, 0.5) is 5.95 Å². The molecule has 4 nitrogen and oxygen atoms in total. The van der Waals surface area contributed by atoms with Crippen molar-refractivity contribution in [3.05, 3.63) is 23.8 Å². The highest BCUT2D eigenvalue weighted by Crippen LogP contribution is 2.23. The van der Waals surface area contributed by atoms with E-state index in [0.717, 1.165) is 12.1 Å². The van der Waals surface area contributed by atoms with Crippen LogP contribution in [-0.2, 0) is 6.54 Å². The number of nitrogens with zero attached hydrogens (tertiary/aromatic N) is 3. The van der Waals surface area contributed by atoms with Crippen LogP contribution in [0, 0.1) is 23.2 Å². The molecule has 0 aliphatic carbocycles. The minimum absolute atomic E-state index is 0.486. The zero-order valence-electron chi connectivity index (χ0n) is 11.0. The number of hydrogen-bond acceptors (Lipinski definition) is 3. The molecule has 0 radical (unpaired) electrons. The third-order valence-electron chi connectivity index (χ3n) is 3.54. The van der Waals surface area contributed by atoms with E-state index in [-0.39, 0.29) is 0 Å². The van der Waals surface area contributed by atoms with Gasteiger partial charge in [0.05, 0.1) is 11.1 Å². The average molecular weight is 242 g/mol. The van der Waals surface area contributed by atoms with E-state index in [1.165, 1.54) is 0 Å². The summed E-state index contributed by atoms with van der Waals surface area (Å²) in [6.07, 6.45) is 0. The number of hydrogen-bond donors (Lipinski definition) is 1. The summed E-state index contributed by atoms with van der Waals surface area (Å²) in [5.41, 5.74) is 8.19. The van der Waals surface area contributed by atoms with Gasteiger partial charge in [-0.2, -0.15) is 5.26 Å². The van der Waals surface area contributed by atoms with Crippen LogP contribution in [0.2, 0.25) is 0 Å². The van der Waals surface area contributed by atoms with Crippen LogP contribution >= 0.6 is 0 Å². The smallest absolute Gasteiger partial charge is 0.201 e. The van der Waals surface area contributed by atoms with Crippen molar-refractivity contribution in [3.63, 3.8) is 0 Å². The van der Waals surface area contributed by atoms with Gasteiger partial charge in [-0.1, -0.05) is 26.8 Å². The third-order valence-corrected chi connectivity index (χ3v) is 3.54. The van der Waals surface area contributed by atoms with Crippen molar-refractivity contribution in [3.8, 4) is 6.07 Å². The molecule has 1 unspecified atom stereocenters. The molecule has 0 aliphatic heterocycles. The van der Waals surface area contributed by atoms with E-state index in [9.17, 15) is 0 Å². The molecule has 0 saturated heterocycles. The number of nitrogens with two attached hydrogens (primary N) is 1. The van der Waals surface area contributed by atoms with Crippen LogP contribution in [0.1, 0.15) is 26.3 Å². The van der Waals surface area contributed by atoms with E-state index in [2.05, 4.69) is 31.8 Å². The summed E-state index contributed by atoms with van der Waals surface area (Å²) in [6.45, 7) is 7.42. The Bertz CT molecular complexity index is 604. The molecule has 0 saturated carbocycles. The number of para-hydroxylation sites is 1. The van der Waals surface area contributed by atoms with E-state index in [1.807, 2.05) is 16.7 Å². The van der Waals surface area contributed by atoms with Crippen molar-refractivity contribution in [1.29, 1.82) is 5.26 Å². The lowest BCUT2D eigenvalue weighted by Gasteiger charge is -2.17. The number of benzene rings is 1. The molecule has 0 aliphatic rings. The van der Waals surface area contributed by atoms with Crippen LogP contribution in [0.15, 0.2) is 18.2 Å². The van der Waals surface area contributed by atoms with Gasteiger partial charge in [-0.05, 0) is 24.0 Å². The molecule has 1 heterocycles. The fraction of sp³-hybridized carbons (Fsp3) is 0.429. The Balaban J connectivity index is 2.52. The third kappa shape index (κ3) is 2.04. The Morgan fingerprint density at radius 3 is 2.72 bits per heavy atom. The zero-order chi connectivity index (χ0) is 13.3. The number of anilines is 1. The Hall–Kier alpha value is -2.02. The Labute approximate surface area is 107 Å². The Morgan fingerprint density at radius 1 is 1.39 bits per heavy atom. The van der Waals surface area contributed by atoms with E-state index >= 15 is 0 Å². The summed E-state index contributed by atoms with van der Waals surface area (Å²) >= 11 is 0. The largest absolute Gasteiger partial charge is 0.369 e. The summed E-state index contributed by atoms with van der Waals surface area (Å²) in [5, 5.41) is 9.07. The second-order valence-electron chi connectivity index (χ2n) is 5.09. The number of nitriles is 1. The van der Waals surface area contributed by atoms with Crippen molar-refractivity contribution in [2.75, 3.05) is 5.73 Å². The van der Waals surface area contributed by atoms with E-state index < -0.39 is 0 Å². The van der Waals surface area contributed by atoms with Crippen LogP contribution in [0.25, 0.3) is 11.0 Å². The van der Waals surface area contributed by atoms with Crippen molar-refractivity contribution < 1.29 is 0 Å². The van der Waals surface area contributed by atoms with Gasteiger partial charge in [-0.3, -0.25) is 0 Å². The lowest BCUT2D eigenvalue weighted by molar-refractivity contribution is 0.371. The minimum Gasteiger partial charge on any atom is -0.369 e. The summed E-state index contributed by atoms with van der Waals surface area (Å²) in [4.78, 5) is 4.31. The molecule has 2 rings (SSSR count). The van der Waals surface area contributed by atoms with Gasteiger partial charge in [0.2, 0.25) is 5.95 Å². The first-order chi connectivity index (χ1) is 8.54. The van der Waals surface area contributed by atoms with Gasteiger partial charge in [0.25, 0.3) is 0 Å². The number of fused-ring (bicyclic) bond motifs is 1. The Kier molecular flexibility index (Phi) is 3.24. The van der Waals surface area contributed by atoms with Crippen LogP contribution in [-0.4, -0.2) is 9.55 Å². The summed E-state index contributed by atoms with van der Waals surface area (Å²) in [6, 6.07) is 7.76. The number of nitrogen functional groups attached to an aromatic ring is 1. The van der Waals surface area contributed by atoms with Crippen molar-refractivity contribution in [2.45, 2.75) is 27.3 Å². The lowest BCUT2D eigenvalue weighted by atomic mass is 9.98. The number of aromatic nitrogens is 2. The molecule has 1 aromatic carbocycles. The number of imidazole rings is 1. The topological polar surface area (TPSA) is 67.6 Å². The van der Waals surface area contributed by atoms with Gasteiger partial charge in [0.1, 0.15) is 11.6 Å². The van der Waals surface area contributed by atoms with Crippen LogP contribution < -0.4 is 5.73 Å². The Morgan fingerprint density at radius 2 is 2.11 bits per heavy atom. The zero-order valence-corrected chi connectivity index (χ0v) is 11.0. The molecular formula is C14H18N4. The quantitative estimate of drug-likeness (QED) is 0.899. The van der Waals surface area contributed by atoms with Gasteiger partial charge in [0, 0.05) is 6.54 Å². The lowest BCUT2D eigenvalue weighted by Crippen LogP contribution is -2.14. The standard InChI is InChI=1S/C14H18N4/c1-9(2)10(3)8-18-12-6-4-5-11(7-15)13(12)17-14(18)16/h4-6,9-10H,8H2,1-3H3,(H2,16,17). The molecule has 0 bridgehead atoms. The molecule has 0 spiro atoms. The molecule has 18 heavy (non-hydrogen) atoms. The first kappa shape index (κ1) is 12.4. The van der Waals surface area contributed by atoms with E-state index in [1.54, 1.807) is 6.07 Å². The SMILES string of the molecule is CC(C)C(C)Cn1c(N)nc2c(C#N)cccc21. The highest BCUT2D eigenvalue weighted by molar-refractivity contribution is 5.83. The highest BCUT2D eigenvalue weighted by Gasteiger charge is 2.15. The predicted octanol–water partition coefficient (Wildman–Crippen LogP) is 2.78. The second kappa shape index (κ2) is 4.69. The number of rotatable bonds is 3. The molecule has 2 N–H and O–H groups in total. The van der Waals surface area contributed by atoms with Crippen molar-refractivity contribution in [1.82, 2.24) is 9.55 Å². The molecule has 1 aromatic heterocycles. The molecule has 94 valence electrons. The monoisotopic (exact) mass is 242 g/mol. The molecular weight excluding hydrogens is 224 g/mol. The molecule has 1 atom stereocenters. The van der Waals surface area contributed by atoms with Gasteiger partial charge in [-0.25, -0.2) is 4.98 Å². The predicted molar refractivity (Wildman–Crippen MR) is 72.9 cm³/mol. The van der Waals surface area contributed by atoms with Gasteiger partial charge in [0.15, 0.2) is 0 Å². The molecule has 0 amide bonds. The van der Waals surface area contributed by atoms with Gasteiger partial charge in [-0.15, -0.1) is 0 Å². The minimum atomic E-state index is 0.486. The van der Waals surface area contributed by atoms with E-state index in [0.29, 0.717) is 28.9 Å². The maximum absolute atomic E-state index is 9.07. The first-order valence-electron chi connectivity index (χ1n) is 6.19. The van der Waals surface area contributed by atoms with Gasteiger partial charge < -0.3 is 10.3 Å². The summed E-state index contributed by atoms with van der Waals surface area (Å²) in [5.74, 6) is 1.58. The average Bonchev–Trinajstić information content (AvgIpc) is 2.65. The van der Waals surface area contributed by atoms with Gasteiger partial charge >= 0.3 is 0 Å². The maximum Gasteiger partial charge on any atom is 0.201 e. The fourth-order valence-corrected chi connectivity index (χ4v) is 1.95. The van der Waals surface area contributed by atoms with Crippen molar-refractivity contribution >= 4 is 17.0 Å². The second-order valence-corrected chi connectivity index (χ2v) is 5.09. The van der Waals surface area contributed by atoms with Crippen LogP contribution in [0.3, 0.4) is 0 Å². The first-order valence-corrected chi connectivity index (χ1v) is 6.19.